The second-order valence-electron chi connectivity index (χ2n) is 8.51. The number of rotatable bonds is 4. The van der Waals surface area contributed by atoms with Crippen molar-refractivity contribution in [3.8, 4) is 28.3 Å². The SMILES string of the molecule is [C-]#[N+]c1ccc(-c2cc3n(c2)Cc2cc(N4C[C@@H](CNC)OC4=O)ccc2-n2ccnc2-3)cc1. The normalized spacial score (nSPS) is 16.3. The maximum Gasteiger partial charge on any atom is 0.414 e. The summed E-state index contributed by atoms with van der Waals surface area (Å²) in [6.07, 6.45) is 5.41. The number of nitrogens with one attached hydrogen (secondary N) is 1. The first-order chi connectivity index (χ1) is 16.6. The summed E-state index contributed by atoms with van der Waals surface area (Å²) in [5, 5.41) is 3.07. The second-order valence-corrected chi connectivity index (χ2v) is 8.51. The number of carbonyl (C=O) groups excluding carboxylic acids is 1. The molecule has 8 heteroatoms. The molecule has 168 valence electrons. The van der Waals surface area contributed by atoms with Gasteiger partial charge in [0.25, 0.3) is 0 Å². The minimum absolute atomic E-state index is 0.163. The van der Waals surface area contributed by atoms with Crippen LogP contribution in [0.2, 0.25) is 0 Å². The van der Waals surface area contributed by atoms with E-state index in [1.807, 2.05) is 49.6 Å². The molecule has 0 spiro atoms. The van der Waals surface area contributed by atoms with Crippen molar-refractivity contribution in [3.63, 3.8) is 0 Å². The van der Waals surface area contributed by atoms with Gasteiger partial charge in [-0.25, -0.2) is 14.6 Å². The summed E-state index contributed by atoms with van der Waals surface area (Å²) in [7, 11) is 1.85. The lowest BCUT2D eigenvalue weighted by Crippen LogP contribution is -2.29. The van der Waals surface area contributed by atoms with Crippen LogP contribution in [-0.4, -0.2) is 46.5 Å². The Morgan fingerprint density at radius 1 is 1.18 bits per heavy atom. The summed E-state index contributed by atoms with van der Waals surface area (Å²) < 4.78 is 9.78. The van der Waals surface area contributed by atoms with E-state index in [2.05, 4.69) is 42.6 Å². The van der Waals surface area contributed by atoms with Crippen LogP contribution in [0.3, 0.4) is 0 Å². The molecule has 1 saturated heterocycles. The quantitative estimate of drug-likeness (QED) is 0.411. The fraction of sp³-hybridized carbons (Fsp3) is 0.192. The van der Waals surface area contributed by atoms with E-state index in [0.29, 0.717) is 25.3 Å². The Hall–Kier alpha value is -4.35. The van der Waals surface area contributed by atoms with Gasteiger partial charge in [-0.2, -0.15) is 0 Å². The zero-order valence-corrected chi connectivity index (χ0v) is 18.6. The summed E-state index contributed by atoms with van der Waals surface area (Å²) in [5.41, 5.74) is 6.72. The molecule has 1 N–H and O–H groups in total. The highest BCUT2D eigenvalue weighted by Crippen LogP contribution is 2.36. The first kappa shape index (κ1) is 20.3. The molecule has 2 aliphatic rings. The molecule has 2 aromatic carbocycles. The average molecular weight is 451 g/mol. The van der Waals surface area contributed by atoms with Crippen LogP contribution in [-0.2, 0) is 11.3 Å². The zero-order valence-electron chi connectivity index (χ0n) is 18.6. The van der Waals surface area contributed by atoms with Gasteiger partial charge in [-0.05, 0) is 42.4 Å². The van der Waals surface area contributed by atoms with Crippen LogP contribution in [0.25, 0.3) is 33.2 Å². The molecule has 8 nitrogen and oxygen atoms in total. The van der Waals surface area contributed by atoms with Gasteiger partial charge in [0.2, 0.25) is 0 Å². The molecule has 0 saturated carbocycles. The van der Waals surface area contributed by atoms with E-state index in [0.717, 1.165) is 39.6 Å². The summed E-state index contributed by atoms with van der Waals surface area (Å²) in [5.74, 6) is 0.866. The highest BCUT2D eigenvalue weighted by atomic mass is 16.6. The third-order valence-corrected chi connectivity index (χ3v) is 6.38. The number of benzene rings is 2. The van der Waals surface area contributed by atoms with Gasteiger partial charge in [-0.1, -0.05) is 24.3 Å². The van der Waals surface area contributed by atoms with E-state index >= 15 is 0 Å². The molecule has 0 unspecified atom stereocenters. The number of hydrogen-bond acceptors (Lipinski definition) is 4. The van der Waals surface area contributed by atoms with Gasteiger partial charge in [-0.3, -0.25) is 9.47 Å². The monoisotopic (exact) mass is 450 g/mol. The smallest absolute Gasteiger partial charge is 0.414 e. The lowest BCUT2D eigenvalue weighted by molar-refractivity contribution is 0.141. The van der Waals surface area contributed by atoms with E-state index in [9.17, 15) is 4.79 Å². The van der Waals surface area contributed by atoms with E-state index in [4.69, 9.17) is 11.3 Å². The van der Waals surface area contributed by atoms with Crippen LogP contribution < -0.4 is 10.2 Å². The molecule has 34 heavy (non-hydrogen) atoms. The number of hydrogen-bond donors (Lipinski definition) is 1. The zero-order chi connectivity index (χ0) is 23.2. The van der Waals surface area contributed by atoms with Crippen LogP contribution in [0.5, 0.6) is 0 Å². The predicted octanol–water partition coefficient (Wildman–Crippen LogP) is 4.46. The number of imidazole rings is 1. The van der Waals surface area contributed by atoms with Gasteiger partial charge in [0.15, 0.2) is 11.5 Å². The Kier molecular flexibility index (Phi) is 4.71. The third kappa shape index (κ3) is 3.26. The minimum Gasteiger partial charge on any atom is -0.443 e. The fourth-order valence-corrected chi connectivity index (χ4v) is 4.75. The van der Waals surface area contributed by atoms with Crippen molar-refractivity contribution in [2.24, 2.45) is 0 Å². The Morgan fingerprint density at radius 2 is 2.03 bits per heavy atom. The van der Waals surface area contributed by atoms with Crippen molar-refractivity contribution in [1.29, 1.82) is 0 Å². The number of carbonyl (C=O) groups is 1. The van der Waals surface area contributed by atoms with E-state index in [-0.39, 0.29) is 12.2 Å². The Bertz CT molecular complexity index is 1440. The average Bonchev–Trinajstić information content (AvgIpc) is 3.56. The number of fused-ring (bicyclic) bond motifs is 5. The van der Waals surface area contributed by atoms with E-state index in [1.165, 1.54) is 0 Å². The Balaban J connectivity index is 1.40. The van der Waals surface area contributed by atoms with Crippen LogP contribution in [0.15, 0.2) is 67.1 Å². The van der Waals surface area contributed by atoms with Crippen molar-refractivity contribution in [2.45, 2.75) is 12.6 Å². The fourth-order valence-electron chi connectivity index (χ4n) is 4.75. The molecule has 2 aromatic heterocycles. The number of nitrogens with zero attached hydrogens (tertiary/aromatic N) is 5. The number of aromatic nitrogens is 3. The van der Waals surface area contributed by atoms with Crippen molar-refractivity contribution < 1.29 is 9.53 Å². The standard InChI is InChI=1S/C26H22N6O2/c1-27-13-22-16-32(26(33)34-22)21-7-8-23-19(11-21)15-30-14-18(17-3-5-20(28-2)6-4-17)12-24(30)25-29-9-10-31(23)25/h3-12,14,22,27H,13,15-16H2,1H3/t22-/m1/s1. The largest absolute Gasteiger partial charge is 0.443 e. The molecule has 0 bridgehead atoms. The molecule has 2 aliphatic heterocycles. The number of cyclic esters (lactones) is 1. The number of likely N-dealkylation sites (N-methyl/N-ethyl adjacent to an activating group) is 1. The maximum atomic E-state index is 12.5. The molecule has 0 radical (unpaired) electrons. The molecular formula is C26H22N6O2. The highest BCUT2D eigenvalue weighted by molar-refractivity contribution is 5.90. The highest BCUT2D eigenvalue weighted by Gasteiger charge is 2.32. The molecule has 1 amide bonds. The van der Waals surface area contributed by atoms with Crippen LogP contribution in [0.4, 0.5) is 16.2 Å². The maximum absolute atomic E-state index is 12.5. The topological polar surface area (TPSA) is 68.7 Å². The number of anilines is 1. The summed E-state index contributed by atoms with van der Waals surface area (Å²) >= 11 is 0. The van der Waals surface area contributed by atoms with Gasteiger partial charge in [0.05, 0.1) is 24.5 Å². The third-order valence-electron chi connectivity index (χ3n) is 6.38. The predicted molar refractivity (Wildman–Crippen MR) is 129 cm³/mol. The Morgan fingerprint density at radius 3 is 2.82 bits per heavy atom. The number of ether oxygens (including phenoxy) is 1. The molecule has 4 aromatic rings. The van der Waals surface area contributed by atoms with E-state index < -0.39 is 0 Å². The summed E-state index contributed by atoms with van der Waals surface area (Å²) in [6, 6.07) is 15.8. The minimum atomic E-state index is -0.316. The van der Waals surface area contributed by atoms with Crippen molar-refractivity contribution in [3.05, 3.63) is 84.1 Å². The first-order valence-corrected chi connectivity index (χ1v) is 11.1. The van der Waals surface area contributed by atoms with Gasteiger partial charge in [0.1, 0.15) is 6.10 Å². The molecular weight excluding hydrogens is 428 g/mol. The summed E-state index contributed by atoms with van der Waals surface area (Å²) in [6.45, 7) is 8.97. The van der Waals surface area contributed by atoms with Crippen LogP contribution in [0, 0.1) is 6.57 Å². The first-order valence-electron chi connectivity index (χ1n) is 11.1. The van der Waals surface area contributed by atoms with Gasteiger partial charge < -0.3 is 14.6 Å². The van der Waals surface area contributed by atoms with Crippen molar-refractivity contribution >= 4 is 17.5 Å². The molecule has 1 fully saturated rings. The molecule has 0 aliphatic carbocycles. The van der Waals surface area contributed by atoms with Crippen LogP contribution in [0.1, 0.15) is 5.56 Å². The lowest BCUT2D eigenvalue weighted by Gasteiger charge is -2.17. The lowest BCUT2D eigenvalue weighted by atomic mass is 10.1. The van der Waals surface area contributed by atoms with Gasteiger partial charge in [0, 0.05) is 42.9 Å². The van der Waals surface area contributed by atoms with E-state index in [1.54, 1.807) is 11.1 Å². The Labute approximate surface area is 196 Å². The van der Waals surface area contributed by atoms with Crippen molar-refractivity contribution in [1.82, 2.24) is 19.4 Å². The van der Waals surface area contributed by atoms with Crippen LogP contribution >= 0.6 is 0 Å². The van der Waals surface area contributed by atoms with Crippen molar-refractivity contribution in [2.75, 3.05) is 25.0 Å². The molecule has 4 heterocycles. The van der Waals surface area contributed by atoms with Gasteiger partial charge >= 0.3 is 6.09 Å². The molecule has 1 atom stereocenters. The second kappa shape index (κ2) is 7.90. The molecule has 6 rings (SSSR count). The van der Waals surface area contributed by atoms with Gasteiger partial charge in [-0.15, -0.1) is 0 Å². The summed E-state index contributed by atoms with van der Waals surface area (Å²) in [4.78, 5) is 22.3. The number of amides is 1.